The Labute approximate surface area is 146 Å². The van der Waals surface area contributed by atoms with Crippen molar-refractivity contribution in [1.82, 2.24) is 29.4 Å². The van der Waals surface area contributed by atoms with E-state index in [0.717, 1.165) is 60.5 Å². The molecule has 4 rings (SSSR count). The van der Waals surface area contributed by atoms with Gasteiger partial charge in [-0.3, -0.25) is 4.90 Å². The van der Waals surface area contributed by atoms with E-state index in [1.54, 1.807) is 11.8 Å². The van der Waals surface area contributed by atoms with E-state index in [2.05, 4.69) is 36.9 Å². The molecule has 3 aromatic rings. The third-order valence-corrected chi connectivity index (χ3v) is 4.73. The lowest BCUT2D eigenvalue weighted by atomic mass is 10.2. The zero-order valence-corrected chi connectivity index (χ0v) is 14.8. The molecule has 0 radical (unpaired) electrons. The second kappa shape index (κ2) is 6.33. The Hall–Kier alpha value is -2.67. The van der Waals surface area contributed by atoms with E-state index in [9.17, 15) is 0 Å². The molecule has 0 spiro atoms. The maximum atomic E-state index is 5.51. The molecule has 0 N–H and O–H groups in total. The Balaban J connectivity index is 1.56. The molecule has 25 heavy (non-hydrogen) atoms. The summed E-state index contributed by atoms with van der Waals surface area (Å²) >= 11 is 0. The van der Waals surface area contributed by atoms with Crippen molar-refractivity contribution < 1.29 is 4.74 Å². The summed E-state index contributed by atoms with van der Waals surface area (Å²) in [6.07, 6.45) is 0. The van der Waals surface area contributed by atoms with Gasteiger partial charge < -0.3 is 9.30 Å². The summed E-state index contributed by atoms with van der Waals surface area (Å²) in [5.41, 5.74) is 3.26. The Morgan fingerprint density at radius 3 is 2.68 bits per heavy atom. The molecule has 0 unspecified atom stereocenters. The van der Waals surface area contributed by atoms with Crippen LogP contribution in [0.4, 0.5) is 0 Å². The van der Waals surface area contributed by atoms with E-state index >= 15 is 0 Å². The normalized spacial score (nSPS) is 14.5. The highest BCUT2D eigenvalue weighted by atomic mass is 16.5. The molecule has 0 saturated heterocycles. The third-order valence-electron chi connectivity index (χ3n) is 4.73. The second-order valence-corrected chi connectivity index (χ2v) is 6.36. The van der Waals surface area contributed by atoms with Gasteiger partial charge in [0.2, 0.25) is 5.88 Å². The Morgan fingerprint density at radius 1 is 1.12 bits per heavy atom. The molecule has 1 aliphatic heterocycles. The fourth-order valence-electron chi connectivity index (χ4n) is 3.49. The van der Waals surface area contributed by atoms with Gasteiger partial charge in [-0.1, -0.05) is 30.3 Å². The van der Waals surface area contributed by atoms with Crippen LogP contribution in [0.25, 0.3) is 11.4 Å². The molecule has 2 aromatic heterocycles. The van der Waals surface area contributed by atoms with Crippen LogP contribution in [0.15, 0.2) is 30.3 Å². The smallest absolute Gasteiger partial charge is 0.216 e. The predicted molar refractivity (Wildman–Crippen MR) is 94.1 cm³/mol. The second-order valence-electron chi connectivity index (χ2n) is 6.36. The summed E-state index contributed by atoms with van der Waals surface area (Å²) in [5.74, 6) is 2.78. The number of aromatic nitrogens is 5. The van der Waals surface area contributed by atoms with Gasteiger partial charge in [0.15, 0.2) is 5.82 Å². The predicted octanol–water partition coefficient (Wildman–Crippen LogP) is 2.01. The van der Waals surface area contributed by atoms with Crippen LogP contribution in [-0.4, -0.2) is 43.1 Å². The molecule has 0 aliphatic carbocycles. The highest BCUT2D eigenvalue weighted by Crippen LogP contribution is 2.26. The van der Waals surface area contributed by atoms with E-state index < -0.39 is 0 Å². The first-order chi connectivity index (χ1) is 12.2. The van der Waals surface area contributed by atoms with Gasteiger partial charge >= 0.3 is 0 Å². The SMILES string of the molecule is COc1c(CN2CCn3c(nnc3-c3ccccc3)C2)c(C)nn1C. The maximum Gasteiger partial charge on any atom is 0.216 e. The van der Waals surface area contributed by atoms with Crippen LogP contribution in [-0.2, 0) is 26.7 Å². The number of nitrogens with zero attached hydrogens (tertiary/aromatic N) is 6. The molecule has 7 nitrogen and oxygen atoms in total. The van der Waals surface area contributed by atoms with E-state index in [1.165, 1.54) is 0 Å². The van der Waals surface area contributed by atoms with Crippen molar-refractivity contribution in [3.8, 4) is 17.3 Å². The molecule has 1 aromatic carbocycles. The molecule has 3 heterocycles. The zero-order valence-electron chi connectivity index (χ0n) is 14.8. The van der Waals surface area contributed by atoms with Crippen LogP contribution in [0, 0.1) is 6.92 Å². The van der Waals surface area contributed by atoms with E-state index in [1.807, 2.05) is 32.2 Å². The van der Waals surface area contributed by atoms with E-state index in [0.29, 0.717) is 0 Å². The van der Waals surface area contributed by atoms with Crippen LogP contribution in [0.5, 0.6) is 5.88 Å². The molecule has 130 valence electrons. The molecule has 0 atom stereocenters. The lowest BCUT2D eigenvalue weighted by Crippen LogP contribution is -2.33. The van der Waals surface area contributed by atoms with Gasteiger partial charge in [-0.15, -0.1) is 10.2 Å². The van der Waals surface area contributed by atoms with Crippen molar-refractivity contribution in [1.29, 1.82) is 0 Å². The fraction of sp³-hybridized carbons (Fsp3) is 0.389. The van der Waals surface area contributed by atoms with Crippen LogP contribution in [0.3, 0.4) is 0 Å². The quantitative estimate of drug-likeness (QED) is 0.728. The Bertz CT molecular complexity index is 883. The summed E-state index contributed by atoms with van der Waals surface area (Å²) in [7, 11) is 3.60. The third kappa shape index (κ3) is 2.80. The monoisotopic (exact) mass is 338 g/mol. The fourth-order valence-corrected chi connectivity index (χ4v) is 3.49. The van der Waals surface area contributed by atoms with Gasteiger partial charge in [0, 0.05) is 32.2 Å². The Kier molecular flexibility index (Phi) is 4.01. The summed E-state index contributed by atoms with van der Waals surface area (Å²) < 4.78 is 9.53. The van der Waals surface area contributed by atoms with Gasteiger partial charge in [0.05, 0.1) is 24.9 Å². The van der Waals surface area contributed by atoms with Crippen molar-refractivity contribution in [3.05, 3.63) is 47.4 Å². The van der Waals surface area contributed by atoms with Crippen molar-refractivity contribution >= 4 is 0 Å². The van der Waals surface area contributed by atoms with Crippen molar-refractivity contribution in [2.45, 2.75) is 26.6 Å². The van der Waals surface area contributed by atoms with E-state index in [-0.39, 0.29) is 0 Å². The average molecular weight is 338 g/mol. The molecule has 0 amide bonds. The van der Waals surface area contributed by atoms with Crippen molar-refractivity contribution in [2.75, 3.05) is 13.7 Å². The summed E-state index contributed by atoms with van der Waals surface area (Å²) in [4.78, 5) is 2.37. The number of fused-ring (bicyclic) bond motifs is 1. The van der Waals surface area contributed by atoms with Crippen LogP contribution >= 0.6 is 0 Å². The summed E-state index contributed by atoms with van der Waals surface area (Å²) in [5, 5.41) is 13.3. The Morgan fingerprint density at radius 2 is 1.92 bits per heavy atom. The lowest BCUT2D eigenvalue weighted by molar-refractivity contribution is 0.206. The molecular weight excluding hydrogens is 316 g/mol. The highest BCUT2D eigenvalue weighted by Gasteiger charge is 2.24. The minimum atomic E-state index is 0.775. The van der Waals surface area contributed by atoms with Gasteiger partial charge in [-0.2, -0.15) is 5.10 Å². The molecule has 0 saturated carbocycles. The molecule has 7 heteroatoms. The number of hydrogen-bond acceptors (Lipinski definition) is 5. The lowest BCUT2D eigenvalue weighted by Gasteiger charge is -2.27. The van der Waals surface area contributed by atoms with Crippen LogP contribution in [0.1, 0.15) is 17.1 Å². The minimum absolute atomic E-state index is 0.775. The molecule has 0 bridgehead atoms. The number of hydrogen-bond donors (Lipinski definition) is 0. The molecular formula is C18H22N6O. The first kappa shape index (κ1) is 15.8. The van der Waals surface area contributed by atoms with Crippen molar-refractivity contribution in [2.24, 2.45) is 7.05 Å². The zero-order chi connectivity index (χ0) is 17.4. The topological polar surface area (TPSA) is 61.0 Å². The van der Waals surface area contributed by atoms with Gasteiger partial charge in [-0.05, 0) is 6.92 Å². The first-order valence-corrected chi connectivity index (χ1v) is 8.43. The highest BCUT2D eigenvalue weighted by molar-refractivity contribution is 5.55. The number of ether oxygens (including phenoxy) is 1. The minimum Gasteiger partial charge on any atom is -0.481 e. The van der Waals surface area contributed by atoms with Crippen molar-refractivity contribution in [3.63, 3.8) is 0 Å². The van der Waals surface area contributed by atoms with E-state index in [4.69, 9.17) is 4.74 Å². The molecule has 0 fully saturated rings. The largest absolute Gasteiger partial charge is 0.481 e. The van der Waals surface area contributed by atoms with Crippen LogP contribution < -0.4 is 4.74 Å². The standard InChI is InChI=1S/C18H22N6O/c1-13-15(18(25-3)22(2)21-13)11-23-9-10-24-16(12-23)19-20-17(24)14-7-5-4-6-8-14/h4-8H,9-12H2,1-3H3. The average Bonchev–Trinajstić information content (AvgIpc) is 3.16. The number of rotatable bonds is 4. The maximum absolute atomic E-state index is 5.51. The first-order valence-electron chi connectivity index (χ1n) is 8.43. The number of methoxy groups -OCH3 is 1. The number of benzene rings is 1. The van der Waals surface area contributed by atoms with Gasteiger partial charge in [0.25, 0.3) is 0 Å². The van der Waals surface area contributed by atoms with Crippen LogP contribution in [0.2, 0.25) is 0 Å². The summed E-state index contributed by atoms with van der Waals surface area (Å²) in [6.45, 7) is 5.43. The van der Waals surface area contributed by atoms with Gasteiger partial charge in [-0.25, -0.2) is 4.68 Å². The molecule has 1 aliphatic rings. The number of aryl methyl sites for hydroxylation is 2. The van der Waals surface area contributed by atoms with Gasteiger partial charge in [0.1, 0.15) is 5.82 Å². The summed E-state index contributed by atoms with van der Waals surface area (Å²) in [6, 6.07) is 10.2.